The Morgan fingerprint density at radius 2 is 1.44 bits per heavy atom. The van der Waals surface area contributed by atoms with Crippen LogP contribution < -0.4 is 0 Å². The third-order valence-corrected chi connectivity index (χ3v) is 5.48. The van der Waals surface area contributed by atoms with Gasteiger partial charge in [-0.3, -0.25) is 0 Å². The molecular formula is C3H12O4SiTi. The third kappa shape index (κ3) is 8.77. The SMILES string of the molecule is C[Si](C)(C)[O][Ti]([OH])([OH])[OH]. The van der Waals surface area contributed by atoms with Gasteiger partial charge in [-0.2, -0.15) is 0 Å². The summed E-state index contributed by atoms with van der Waals surface area (Å²) in [6, 6.07) is 0. The van der Waals surface area contributed by atoms with Gasteiger partial charge < -0.3 is 0 Å². The molecule has 0 heterocycles. The molecule has 0 unspecified atom stereocenters. The molecule has 3 N–H and O–H groups in total. The summed E-state index contributed by atoms with van der Waals surface area (Å²) in [7, 11) is -1.96. The zero-order chi connectivity index (χ0) is 7.71. The normalized spacial score (nSPS) is 14.0. The Hall–Kier alpha value is 0.771. The molecule has 6 heteroatoms. The quantitative estimate of drug-likeness (QED) is 0.517. The van der Waals surface area contributed by atoms with Gasteiger partial charge in [0, 0.05) is 0 Å². The van der Waals surface area contributed by atoms with E-state index in [2.05, 4.69) is 3.01 Å². The molecule has 56 valence electrons. The van der Waals surface area contributed by atoms with Crippen LogP contribution in [-0.2, 0) is 21.1 Å². The molecule has 0 saturated heterocycles. The molecule has 4 nitrogen and oxygen atoms in total. The van der Waals surface area contributed by atoms with Gasteiger partial charge >= 0.3 is 60.2 Å². The molecule has 0 bridgehead atoms. The van der Waals surface area contributed by atoms with Gasteiger partial charge in [0.15, 0.2) is 0 Å². The fraction of sp³-hybridized carbons (Fsp3) is 1.00. The molecule has 0 aromatic rings. The molecule has 0 aliphatic carbocycles. The van der Waals surface area contributed by atoms with E-state index in [-0.39, 0.29) is 0 Å². The van der Waals surface area contributed by atoms with Crippen LogP contribution >= 0.6 is 0 Å². The molecule has 0 atom stereocenters. The van der Waals surface area contributed by atoms with Crippen LogP contribution in [0.25, 0.3) is 0 Å². The van der Waals surface area contributed by atoms with Gasteiger partial charge in [0.05, 0.1) is 0 Å². The van der Waals surface area contributed by atoms with Crippen LogP contribution in [0, 0.1) is 0 Å². The van der Waals surface area contributed by atoms with Gasteiger partial charge in [0.25, 0.3) is 0 Å². The van der Waals surface area contributed by atoms with Crippen molar-refractivity contribution < 1.29 is 32.2 Å². The van der Waals surface area contributed by atoms with E-state index in [1.807, 2.05) is 0 Å². The second-order valence-electron chi connectivity index (χ2n) is 2.79. The van der Waals surface area contributed by atoms with Crippen molar-refractivity contribution in [1.29, 1.82) is 0 Å². The minimum atomic E-state index is -4.68. The minimum absolute atomic E-state index is 1.77. The van der Waals surface area contributed by atoms with Gasteiger partial charge in [-0.05, 0) is 0 Å². The predicted molar refractivity (Wildman–Crippen MR) is 31.1 cm³/mol. The number of hydrogen-bond donors (Lipinski definition) is 3. The van der Waals surface area contributed by atoms with E-state index in [9.17, 15) is 0 Å². The zero-order valence-corrected chi connectivity index (χ0v) is 8.31. The van der Waals surface area contributed by atoms with E-state index in [1.165, 1.54) is 0 Å². The van der Waals surface area contributed by atoms with Crippen molar-refractivity contribution in [2.24, 2.45) is 0 Å². The first kappa shape index (κ1) is 9.77. The molecule has 0 rings (SSSR count). The van der Waals surface area contributed by atoms with E-state index in [0.29, 0.717) is 0 Å². The molecule has 0 radical (unpaired) electrons. The van der Waals surface area contributed by atoms with Crippen molar-refractivity contribution in [1.82, 2.24) is 0 Å². The molecule has 0 aromatic carbocycles. The average Bonchev–Trinajstić information content (AvgIpc) is 1.14. The van der Waals surface area contributed by atoms with Crippen LogP contribution in [-0.4, -0.2) is 19.4 Å². The maximum absolute atomic E-state index is 8.46. The van der Waals surface area contributed by atoms with Crippen LogP contribution in [0.3, 0.4) is 0 Å². The summed E-state index contributed by atoms with van der Waals surface area (Å²) in [6.07, 6.45) is 0. The summed E-state index contributed by atoms with van der Waals surface area (Å²) >= 11 is -4.68. The van der Waals surface area contributed by atoms with Gasteiger partial charge in [0.2, 0.25) is 0 Å². The molecular weight excluding hydrogens is 176 g/mol. The van der Waals surface area contributed by atoms with Gasteiger partial charge in [0.1, 0.15) is 0 Å². The molecule has 0 aliphatic rings. The molecule has 0 spiro atoms. The summed E-state index contributed by atoms with van der Waals surface area (Å²) in [5.74, 6) is 0. The number of rotatable bonds is 2. The first-order valence-electron chi connectivity index (χ1n) is 2.58. The Morgan fingerprint density at radius 3 is 1.44 bits per heavy atom. The molecule has 0 fully saturated rings. The van der Waals surface area contributed by atoms with Gasteiger partial charge in [-0.15, -0.1) is 0 Å². The standard InChI is InChI=1S/C3H9OSi.3H2O.Ti/c1-5(2,3)4;;;;/h1-3H3;3*1H2;/q-1;;;;+4/p-3. The number of hydrogen-bond acceptors (Lipinski definition) is 4. The van der Waals surface area contributed by atoms with Crippen LogP contribution in [0.2, 0.25) is 19.6 Å². The zero-order valence-electron chi connectivity index (χ0n) is 5.75. The maximum atomic E-state index is 8.46. The third-order valence-electron chi connectivity index (χ3n) is 0.443. The Kier molecular flexibility index (Phi) is 3.03. The van der Waals surface area contributed by atoms with E-state index in [1.54, 1.807) is 19.6 Å². The average molecular weight is 188 g/mol. The Labute approximate surface area is 60.5 Å². The van der Waals surface area contributed by atoms with Crippen molar-refractivity contribution in [3.8, 4) is 0 Å². The molecule has 0 amide bonds. The Balaban J connectivity index is 3.75. The molecule has 0 saturated carbocycles. The molecule has 0 aliphatic heterocycles. The second kappa shape index (κ2) is 2.79. The second-order valence-corrected chi connectivity index (χ2v) is 9.97. The summed E-state index contributed by atoms with van der Waals surface area (Å²) in [5, 5.41) is 0. The fourth-order valence-electron chi connectivity index (χ4n) is 0.411. The van der Waals surface area contributed by atoms with E-state index < -0.39 is 26.5 Å². The van der Waals surface area contributed by atoms with Crippen LogP contribution in [0.5, 0.6) is 0 Å². The molecule has 9 heavy (non-hydrogen) atoms. The predicted octanol–water partition coefficient (Wildman–Crippen LogP) is -0.371. The van der Waals surface area contributed by atoms with Crippen LogP contribution in [0.15, 0.2) is 0 Å². The molecule has 0 aromatic heterocycles. The Morgan fingerprint density at radius 1 is 1.11 bits per heavy atom. The van der Waals surface area contributed by atoms with E-state index in [0.717, 1.165) is 0 Å². The monoisotopic (exact) mass is 188 g/mol. The van der Waals surface area contributed by atoms with Crippen molar-refractivity contribution >= 4 is 8.32 Å². The summed E-state index contributed by atoms with van der Waals surface area (Å²) in [4.78, 5) is 0. The summed E-state index contributed by atoms with van der Waals surface area (Å²) < 4.78 is 30.0. The van der Waals surface area contributed by atoms with Gasteiger partial charge in [-0.1, -0.05) is 0 Å². The topological polar surface area (TPSA) is 69.9 Å². The Bertz CT molecular complexity index is 81.0. The van der Waals surface area contributed by atoms with E-state index >= 15 is 0 Å². The van der Waals surface area contributed by atoms with Crippen molar-refractivity contribution in [2.45, 2.75) is 19.6 Å². The van der Waals surface area contributed by atoms with Crippen LogP contribution in [0.4, 0.5) is 0 Å². The van der Waals surface area contributed by atoms with Crippen molar-refractivity contribution in [2.75, 3.05) is 0 Å². The van der Waals surface area contributed by atoms with Crippen LogP contribution in [0.1, 0.15) is 0 Å². The summed E-state index contributed by atoms with van der Waals surface area (Å²) in [5.41, 5.74) is 0. The van der Waals surface area contributed by atoms with E-state index in [4.69, 9.17) is 11.1 Å². The fourth-order valence-corrected chi connectivity index (χ4v) is 5.08. The van der Waals surface area contributed by atoms with Crippen molar-refractivity contribution in [3.05, 3.63) is 0 Å². The van der Waals surface area contributed by atoms with Gasteiger partial charge in [-0.25, -0.2) is 0 Å². The first-order valence-corrected chi connectivity index (χ1v) is 8.72. The summed E-state index contributed by atoms with van der Waals surface area (Å²) in [6.45, 7) is 5.32. The first-order chi connectivity index (χ1) is 3.71. The van der Waals surface area contributed by atoms with Crippen molar-refractivity contribution in [3.63, 3.8) is 0 Å².